The third-order valence-corrected chi connectivity index (χ3v) is 2.13. The fourth-order valence-corrected chi connectivity index (χ4v) is 1.24. The smallest absolute Gasteiger partial charge is 0.180 e. The highest BCUT2D eigenvalue weighted by Gasteiger charge is 2.27. The van der Waals surface area contributed by atoms with Gasteiger partial charge in [-0.2, -0.15) is 5.26 Å². The first-order valence-electron chi connectivity index (χ1n) is 4.63. The second kappa shape index (κ2) is 4.63. The van der Waals surface area contributed by atoms with E-state index in [0.29, 0.717) is 5.56 Å². The number of aliphatic hydroxyl groups is 2. The van der Waals surface area contributed by atoms with E-state index in [-0.39, 0.29) is 12.2 Å². The number of nitriles is 1. The normalized spacial score (nSPS) is 15.4. The topological polar surface area (TPSA) is 64.2 Å². The minimum atomic E-state index is -1.56. The Morgan fingerprint density at radius 3 is 2.53 bits per heavy atom. The van der Waals surface area contributed by atoms with Crippen LogP contribution in [0, 0.1) is 11.3 Å². The zero-order valence-electron chi connectivity index (χ0n) is 8.51. The summed E-state index contributed by atoms with van der Waals surface area (Å²) in [6, 6.07) is 10.5. The van der Waals surface area contributed by atoms with Crippen LogP contribution in [0.3, 0.4) is 0 Å². The van der Waals surface area contributed by atoms with Crippen LogP contribution in [0.15, 0.2) is 42.2 Å². The summed E-state index contributed by atoms with van der Waals surface area (Å²) < 4.78 is 0. The van der Waals surface area contributed by atoms with Crippen molar-refractivity contribution in [2.24, 2.45) is 0 Å². The Morgan fingerprint density at radius 2 is 2.07 bits per heavy atom. The number of nitrogens with zero attached hydrogens (tertiary/aromatic N) is 1. The molecule has 1 atom stereocenters. The number of aliphatic hydroxyl groups excluding tert-OH is 1. The fraction of sp³-hybridized carbons (Fsp3) is 0.250. The van der Waals surface area contributed by atoms with Crippen LogP contribution in [0.1, 0.15) is 18.9 Å². The van der Waals surface area contributed by atoms with Gasteiger partial charge in [0.1, 0.15) is 6.07 Å². The molecule has 0 aliphatic rings. The van der Waals surface area contributed by atoms with Crippen LogP contribution in [0.25, 0.3) is 0 Å². The quantitative estimate of drug-likeness (QED) is 0.585. The second-order valence-corrected chi connectivity index (χ2v) is 3.39. The molecular weight excluding hydrogens is 190 g/mol. The Labute approximate surface area is 88.9 Å². The summed E-state index contributed by atoms with van der Waals surface area (Å²) in [5.41, 5.74) is -1.03. The molecule has 0 saturated carbocycles. The fourth-order valence-electron chi connectivity index (χ4n) is 1.24. The first kappa shape index (κ1) is 11.3. The standard InChI is InChI=1S/C12H13NO2/c1-10(14)7-8-12(15,9-13)11-5-3-2-4-6-11/h2-7,14-15H,8H2,1H3/b10-7-. The summed E-state index contributed by atoms with van der Waals surface area (Å²) in [5, 5.41) is 28.0. The SMILES string of the molecule is C/C(O)=C/CC(O)(C#N)c1ccccc1. The first-order chi connectivity index (χ1) is 7.08. The summed E-state index contributed by atoms with van der Waals surface area (Å²) in [6.45, 7) is 1.50. The Bertz CT molecular complexity index is 388. The van der Waals surface area contributed by atoms with Gasteiger partial charge in [0.15, 0.2) is 5.60 Å². The van der Waals surface area contributed by atoms with E-state index in [0.717, 1.165) is 0 Å². The molecule has 0 aliphatic carbocycles. The lowest BCUT2D eigenvalue weighted by Crippen LogP contribution is -2.22. The predicted octanol–water partition coefficient (Wildman–Crippen LogP) is 2.25. The lowest BCUT2D eigenvalue weighted by molar-refractivity contribution is 0.100. The third-order valence-electron chi connectivity index (χ3n) is 2.13. The molecule has 1 aromatic carbocycles. The van der Waals surface area contributed by atoms with Gasteiger partial charge in [-0.1, -0.05) is 30.3 Å². The van der Waals surface area contributed by atoms with Gasteiger partial charge in [0.25, 0.3) is 0 Å². The Hall–Kier alpha value is -1.79. The summed E-state index contributed by atoms with van der Waals surface area (Å²) in [7, 11) is 0. The van der Waals surface area contributed by atoms with E-state index in [1.165, 1.54) is 13.0 Å². The van der Waals surface area contributed by atoms with E-state index in [1.54, 1.807) is 24.3 Å². The van der Waals surface area contributed by atoms with Crippen molar-refractivity contribution in [1.29, 1.82) is 5.26 Å². The molecule has 0 aromatic heterocycles. The number of hydrogen-bond acceptors (Lipinski definition) is 3. The third kappa shape index (κ3) is 2.83. The number of allylic oxidation sites excluding steroid dienone is 1. The highest BCUT2D eigenvalue weighted by molar-refractivity contribution is 5.29. The Kier molecular flexibility index (Phi) is 3.48. The van der Waals surface area contributed by atoms with Gasteiger partial charge in [0, 0.05) is 6.42 Å². The first-order valence-corrected chi connectivity index (χ1v) is 4.63. The van der Waals surface area contributed by atoms with E-state index in [1.807, 2.05) is 12.1 Å². The molecule has 2 N–H and O–H groups in total. The maximum absolute atomic E-state index is 10.0. The maximum Gasteiger partial charge on any atom is 0.180 e. The minimum absolute atomic E-state index is 0.0792. The second-order valence-electron chi connectivity index (χ2n) is 3.39. The lowest BCUT2D eigenvalue weighted by atomic mass is 9.92. The molecule has 3 nitrogen and oxygen atoms in total. The van der Waals surface area contributed by atoms with Crippen molar-refractivity contribution in [3.63, 3.8) is 0 Å². The predicted molar refractivity (Wildman–Crippen MR) is 57.0 cm³/mol. The highest BCUT2D eigenvalue weighted by atomic mass is 16.3. The van der Waals surface area contributed by atoms with Crippen molar-refractivity contribution in [3.05, 3.63) is 47.7 Å². The Balaban J connectivity index is 2.97. The Morgan fingerprint density at radius 1 is 1.47 bits per heavy atom. The van der Waals surface area contributed by atoms with Gasteiger partial charge in [0.05, 0.1) is 5.76 Å². The van der Waals surface area contributed by atoms with Gasteiger partial charge in [0.2, 0.25) is 0 Å². The molecule has 0 spiro atoms. The van der Waals surface area contributed by atoms with E-state index in [2.05, 4.69) is 0 Å². The molecule has 0 aliphatic heterocycles. The van der Waals surface area contributed by atoms with Crippen molar-refractivity contribution in [3.8, 4) is 6.07 Å². The average Bonchev–Trinajstić information content (AvgIpc) is 2.27. The molecule has 0 bridgehead atoms. The van der Waals surface area contributed by atoms with Crippen LogP contribution in [0.5, 0.6) is 0 Å². The maximum atomic E-state index is 10.0. The highest BCUT2D eigenvalue weighted by Crippen LogP contribution is 2.24. The van der Waals surface area contributed by atoms with Crippen LogP contribution < -0.4 is 0 Å². The van der Waals surface area contributed by atoms with E-state index in [9.17, 15) is 5.11 Å². The summed E-state index contributed by atoms with van der Waals surface area (Å²) in [5.74, 6) is 0.0969. The van der Waals surface area contributed by atoms with Crippen molar-refractivity contribution in [2.75, 3.05) is 0 Å². The van der Waals surface area contributed by atoms with Crippen molar-refractivity contribution in [1.82, 2.24) is 0 Å². The van der Waals surface area contributed by atoms with E-state index in [4.69, 9.17) is 10.4 Å². The van der Waals surface area contributed by atoms with E-state index < -0.39 is 5.60 Å². The zero-order valence-corrected chi connectivity index (χ0v) is 8.51. The molecule has 0 saturated heterocycles. The zero-order chi connectivity index (χ0) is 11.3. The molecule has 1 rings (SSSR count). The average molecular weight is 203 g/mol. The van der Waals surface area contributed by atoms with Gasteiger partial charge in [-0.25, -0.2) is 0 Å². The van der Waals surface area contributed by atoms with Crippen molar-refractivity contribution in [2.45, 2.75) is 18.9 Å². The van der Waals surface area contributed by atoms with Crippen molar-refractivity contribution >= 4 is 0 Å². The molecular formula is C12H13NO2. The van der Waals surface area contributed by atoms with E-state index >= 15 is 0 Å². The van der Waals surface area contributed by atoms with Crippen LogP contribution >= 0.6 is 0 Å². The number of benzene rings is 1. The van der Waals surface area contributed by atoms with Crippen LogP contribution in [0.4, 0.5) is 0 Å². The van der Waals surface area contributed by atoms with Crippen molar-refractivity contribution < 1.29 is 10.2 Å². The minimum Gasteiger partial charge on any atom is -0.513 e. The molecule has 78 valence electrons. The monoisotopic (exact) mass is 203 g/mol. The molecule has 15 heavy (non-hydrogen) atoms. The number of hydrogen-bond donors (Lipinski definition) is 2. The largest absolute Gasteiger partial charge is 0.513 e. The molecule has 1 aromatic rings. The van der Waals surface area contributed by atoms with Crippen LogP contribution in [-0.2, 0) is 5.60 Å². The molecule has 0 amide bonds. The summed E-state index contributed by atoms with van der Waals surface area (Å²) in [4.78, 5) is 0. The van der Waals surface area contributed by atoms with Gasteiger partial charge in [-0.3, -0.25) is 0 Å². The van der Waals surface area contributed by atoms with Gasteiger partial charge in [-0.15, -0.1) is 0 Å². The molecule has 0 fully saturated rings. The van der Waals surface area contributed by atoms with Crippen LogP contribution in [0.2, 0.25) is 0 Å². The summed E-state index contributed by atoms with van der Waals surface area (Å²) in [6.07, 6.45) is 1.51. The lowest BCUT2D eigenvalue weighted by Gasteiger charge is -2.18. The molecule has 0 radical (unpaired) electrons. The van der Waals surface area contributed by atoms with Gasteiger partial charge in [-0.05, 0) is 18.6 Å². The van der Waals surface area contributed by atoms with Gasteiger partial charge >= 0.3 is 0 Å². The molecule has 1 unspecified atom stereocenters. The molecule has 0 heterocycles. The van der Waals surface area contributed by atoms with Gasteiger partial charge < -0.3 is 10.2 Å². The molecule has 3 heteroatoms. The summed E-state index contributed by atoms with van der Waals surface area (Å²) >= 11 is 0. The van der Waals surface area contributed by atoms with Crippen LogP contribution in [-0.4, -0.2) is 10.2 Å². The number of rotatable bonds is 3.